The van der Waals surface area contributed by atoms with E-state index in [1.807, 2.05) is 24.5 Å². The Bertz CT molecular complexity index is 2310. The topological polar surface area (TPSA) is 74.9 Å². The second kappa shape index (κ2) is 14.5. The van der Waals surface area contributed by atoms with E-state index in [-0.39, 0.29) is 11.8 Å². The number of allylic oxidation sites excluding steroid dienone is 4. The first-order valence-electron chi connectivity index (χ1n) is 19.4. The predicted octanol–water partition coefficient (Wildman–Crippen LogP) is 10.6. The summed E-state index contributed by atoms with van der Waals surface area (Å²) < 4.78 is 0. The maximum absolute atomic E-state index is 5.60. The van der Waals surface area contributed by atoms with Crippen LogP contribution in [0.4, 0.5) is 0 Å². The molecule has 7 rings (SSSR count). The molecule has 1 N–H and O–H groups in total. The van der Waals surface area contributed by atoms with Crippen LogP contribution in [0.3, 0.4) is 0 Å². The van der Waals surface area contributed by atoms with E-state index >= 15 is 0 Å². The first kappa shape index (κ1) is 37.1. The van der Waals surface area contributed by atoms with Crippen LogP contribution in [0.5, 0.6) is 0 Å². The van der Waals surface area contributed by atoms with E-state index in [9.17, 15) is 0 Å². The zero-order valence-corrected chi connectivity index (χ0v) is 34.2. The number of nitrogens with one attached hydrogen (secondary N) is 1. The van der Waals surface area contributed by atoms with Gasteiger partial charge in [-0.1, -0.05) is 32.1 Å². The maximum atomic E-state index is 5.60. The Balaban J connectivity index is 1.47. The summed E-state index contributed by atoms with van der Waals surface area (Å²) in [6.07, 6.45) is 8.80. The maximum Gasteiger partial charge on any atom is 0.166 e. The van der Waals surface area contributed by atoms with E-state index in [0.717, 1.165) is 52.9 Å². The van der Waals surface area contributed by atoms with Gasteiger partial charge in [-0.15, -0.1) is 0 Å². The van der Waals surface area contributed by atoms with E-state index < -0.39 is 6.17 Å². The fraction of sp³-hybridized carbons (Fsp3) is 0.354. The average molecular weight is 715 g/mol. The van der Waals surface area contributed by atoms with Gasteiger partial charge in [0.1, 0.15) is 11.7 Å². The van der Waals surface area contributed by atoms with Gasteiger partial charge in [0.15, 0.2) is 6.17 Å². The standard InChI is InChI=1S/C48H54N6/c1-25-31(7)43(32(8)26(2)40(25)37-19-13-16-22-49-37)46-52-47(44-33(9)27(3)41(28(4)34(44)10)38-20-14-17-23-50-38)54-48(53-46)45-35(11)29(5)42(30(6)36(45)12)39-21-15-18-24-51-39/h13-17,19-23,25,31,46H,18,24H2,1-12H3,(H,52,53,54). The molecule has 2 aromatic carbocycles. The van der Waals surface area contributed by atoms with Crippen LogP contribution >= 0.6 is 0 Å². The Morgan fingerprint density at radius 3 is 1.54 bits per heavy atom. The van der Waals surface area contributed by atoms with Crippen LogP contribution in [-0.2, 0) is 0 Å². The first-order valence-corrected chi connectivity index (χ1v) is 19.4. The monoisotopic (exact) mass is 714 g/mol. The number of dihydropyridines is 1. The van der Waals surface area contributed by atoms with Crippen LogP contribution in [0.15, 0.2) is 92.6 Å². The van der Waals surface area contributed by atoms with Crippen molar-refractivity contribution < 1.29 is 0 Å². The van der Waals surface area contributed by atoms with Gasteiger partial charge in [-0.2, -0.15) is 0 Å². The zero-order valence-electron chi connectivity index (χ0n) is 34.2. The van der Waals surface area contributed by atoms with Gasteiger partial charge in [0.25, 0.3) is 0 Å². The van der Waals surface area contributed by atoms with Crippen molar-refractivity contribution in [2.45, 2.75) is 95.7 Å². The number of benzene rings is 2. The largest absolute Gasteiger partial charge is 0.324 e. The van der Waals surface area contributed by atoms with E-state index in [0.29, 0.717) is 0 Å². The second-order valence-electron chi connectivity index (χ2n) is 15.5. The molecule has 0 amide bonds. The number of pyridine rings is 2. The molecule has 2 aliphatic heterocycles. The number of nitrogens with zero attached hydrogens (tertiary/aromatic N) is 5. The summed E-state index contributed by atoms with van der Waals surface area (Å²) in [4.78, 5) is 25.7. The minimum Gasteiger partial charge on any atom is -0.324 e. The number of aliphatic imine (C=N–C) groups is 3. The van der Waals surface area contributed by atoms with Crippen molar-refractivity contribution in [2.75, 3.05) is 6.54 Å². The summed E-state index contributed by atoms with van der Waals surface area (Å²) in [5, 5.41) is 3.87. The molecule has 2 aromatic heterocycles. The third-order valence-corrected chi connectivity index (χ3v) is 12.8. The molecule has 1 aliphatic carbocycles. The normalized spacial score (nSPS) is 20.1. The Labute approximate surface area is 322 Å². The second-order valence-corrected chi connectivity index (χ2v) is 15.5. The highest BCUT2D eigenvalue weighted by Crippen LogP contribution is 2.45. The highest BCUT2D eigenvalue weighted by molar-refractivity contribution is 6.19. The third kappa shape index (κ3) is 6.10. The molecule has 4 aromatic rings. The van der Waals surface area contributed by atoms with Crippen LogP contribution in [0.1, 0.15) is 101 Å². The molecule has 0 spiro atoms. The molecule has 0 bridgehead atoms. The summed E-state index contributed by atoms with van der Waals surface area (Å²) in [6, 6.07) is 12.4. The Hall–Kier alpha value is -5.23. The molecule has 4 heterocycles. The number of amidine groups is 2. The van der Waals surface area contributed by atoms with Crippen LogP contribution in [0.2, 0.25) is 0 Å². The lowest BCUT2D eigenvalue weighted by atomic mass is 9.71. The molecule has 54 heavy (non-hydrogen) atoms. The molecule has 6 heteroatoms. The fourth-order valence-corrected chi connectivity index (χ4v) is 9.12. The Morgan fingerprint density at radius 2 is 1.06 bits per heavy atom. The average Bonchev–Trinajstić information content (AvgIpc) is 3.17. The molecular formula is C48H54N6. The van der Waals surface area contributed by atoms with Crippen molar-refractivity contribution in [1.82, 2.24) is 15.3 Å². The van der Waals surface area contributed by atoms with Crippen molar-refractivity contribution >= 4 is 23.0 Å². The zero-order chi connectivity index (χ0) is 38.6. The van der Waals surface area contributed by atoms with Gasteiger partial charge in [0, 0.05) is 41.2 Å². The van der Waals surface area contributed by atoms with E-state index in [1.54, 1.807) is 0 Å². The van der Waals surface area contributed by atoms with E-state index in [4.69, 9.17) is 24.9 Å². The van der Waals surface area contributed by atoms with Gasteiger partial charge in [0.05, 0.1) is 17.1 Å². The molecule has 0 saturated carbocycles. The first-order chi connectivity index (χ1) is 25.8. The number of aromatic nitrogens is 2. The van der Waals surface area contributed by atoms with Gasteiger partial charge in [0.2, 0.25) is 0 Å². The minimum absolute atomic E-state index is 0.199. The summed E-state index contributed by atoms with van der Waals surface area (Å²) >= 11 is 0. The molecule has 6 nitrogen and oxygen atoms in total. The summed E-state index contributed by atoms with van der Waals surface area (Å²) in [7, 11) is 0. The lowest BCUT2D eigenvalue weighted by Gasteiger charge is -2.37. The molecular weight excluding hydrogens is 661 g/mol. The van der Waals surface area contributed by atoms with Gasteiger partial charge < -0.3 is 5.32 Å². The highest BCUT2D eigenvalue weighted by Gasteiger charge is 2.37. The summed E-state index contributed by atoms with van der Waals surface area (Å²) in [5.74, 6) is 2.19. The van der Waals surface area contributed by atoms with Crippen LogP contribution in [-0.4, -0.2) is 40.1 Å². The quantitative estimate of drug-likeness (QED) is 0.216. The lowest BCUT2D eigenvalue weighted by Crippen LogP contribution is -2.41. The van der Waals surface area contributed by atoms with Crippen LogP contribution in [0, 0.1) is 67.2 Å². The molecule has 0 saturated heterocycles. The molecule has 3 unspecified atom stereocenters. The van der Waals surface area contributed by atoms with Crippen molar-refractivity contribution in [2.24, 2.45) is 26.8 Å². The van der Waals surface area contributed by atoms with Gasteiger partial charge in [-0.25, -0.2) is 9.98 Å². The molecule has 0 radical (unpaired) electrons. The van der Waals surface area contributed by atoms with E-state index in [1.165, 1.54) is 77.9 Å². The Morgan fingerprint density at radius 1 is 0.556 bits per heavy atom. The molecule has 0 fully saturated rings. The van der Waals surface area contributed by atoms with Gasteiger partial charge in [-0.3, -0.25) is 15.0 Å². The lowest BCUT2D eigenvalue weighted by molar-refractivity contribution is 0.491. The van der Waals surface area contributed by atoms with Crippen molar-refractivity contribution in [3.8, 4) is 11.3 Å². The summed E-state index contributed by atoms with van der Waals surface area (Å²) in [6.45, 7) is 27.9. The van der Waals surface area contributed by atoms with Gasteiger partial charge in [-0.05, 0) is 185 Å². The summed E-state index contributed by atoms with van der Waals surface area (Å²) in [5.41, 5.74) is 22.7. The molecule has 3 aliphatic rings. The van der Waals surface area contributed by atoms with Crippen molar-refractivity contribution in [3.05, 3.63) is 145 Å². The highest BCUT2D eigenvalue weighted by atomic mass is 15.2. The fourth-order valence-electron chi connectivity index (χ4n) is 9.12. The van der Waals surface area contributed by atoms with E-state index in [2.05, 4.69) is 125 Å². The molecule has 3 atom stereocenters. The number of hydrogen-bond acceptors (Lipinski definition) is 6. The van der Waals surface area contributed by atoms with Crippen LogP contribution in [0.25, 0.3) is 16.8 Å². The number of hydrogen-bond donors (Lipinski definition) is 1. The molecule has 276 valence electrons. The minimum atomic E-state index is -0.395. The Kier molecular flexibility index (Phi) is 9.99. The smallest absolute Gasteiger partial charge is 0.166 e. The number of rotatable bonds is 6. The van der Waals surface area contributed by atoms with Gasteiger partial charge >= 0.3 is 0 Å². The van der Waals surface area contributed by atoms with Crippen LogP contribution < -0.4 is 5.32 Å². The third-order valence-electron chi connectivity index (χ3n) is 12.8. The van der Waals surface area contributed by atoms with Crippen molar-refractivity contribution in [3.63, 3.8) is 0 Å². The predicted molar refractivity (Wildman–Crippen MR) is 227 cm³/mol. The van der Waals surface area contributed by atoms with Crippen molar-refractivity contribution in [1.29, 1.82) is 0 Å². The SMILES string of the molecule is CC1=C(c2ccccn2)C(C)C(C)C(C2N=C(c3c(C)c(C)c(C4=NCCC=C4)c(C)c3C)NC(c3c(C)c(C)c(-c4ccccn4)c(C)c3C)=N2)=C1C.